The Morgan fingerprint density at radius 3 is 2.30 bits per heavy atom. The monoisotopic (exact) mass is 364 g/mol. The van der Waals surface area contributed by atoms with Gasteiger partial charge < -0.3 is 10.2 Å². The van der Waals surface area contributed by atoms with E-state index in [1.807, 2.05) is 50.2 Å². The van der Waals surface area contributed by atoms with E-state index in [4.69, 9.17) is 0 Å². The first-order chi connectivity index (χ1) is 12.9. The van der Waals surface area contributed by atoms with Crippen LogP contribution in [-0.2, 0) is 4.79 Å². The summed E-state index contributed by atoms with van der Waals surface area (Å²) in [6.07, 6.45) is 0. The van der Waals surface area contributed by atoms with Gasteiger partial charge in [-0.15, -0.1) is 0 Å². The van der Waals surface area contributed by atoms with Crippen LogP contribution in [0, 0.1) is 5.82 Å². The molecular formula is C22H21FN2O2. The van der Waals surface area contributed by atoms with Crippen molar-refractivity contribution in [1.82, 2.24) is 4.90 Å². The number of hydrogen-bond acceptors (Lipinski definition) is 2. The fourth-order valence-corrected chi connectivity index (χ4v) is 2.87. The SMILES string of the molecule is CC(C)N(CC(=O)Nc1ccc(F)cc1)C(=O)c1ccc2ccccc2c1. The number of nitrogens with zero attached hydrogens (tertiary/aromatic N) is 1. The second-order valence-electron chi connectivity index (χ2n) is 6.64. The largest absolute Gasteiger partial charge is 0.327 e. The van der Waals surface area contributed by atoms with Gasteiger partial charge in [0.1, 0.15) is 12.4 Å². The highest BCUT2D eigenvalue weighted by molar-refractivity contribution is 6.01. The van der Waals surface area contributed by atoms with Gasteiger partial charge in [-0.3, -0.25) is 9.59 Å². The Hall–Kier alpha value is -3.21. The van der Waals surface area contributed by atoms with Crippen LogP contribution in [0.4, 0.5) is 10.1 Å². The van der Waals surface area contributed by atoms with E-state index in [2.05, 4.69) is 5.32 Å². The van der Waals surface area contributed by atoms with Gasteiger partial charge in [-0.25, -0.2) is 4.39 Å². The van der Waals surface area contributed by atoms with Gasteiger partial charge >= 0.3 is 0 Å². The first kappa shape index (κ1) is 18.6. The molecule has 1 N–H and O–H groups in total. The van der Waals surface area contributed by atoms with Crippen LogP contribution in [0.25, 0.3) is 10.8 Å². The van der Waals surface area contributed by atoms with Crippen LogP contribution in [0.5, 0.6) is 0 Å². The zero-order chi connectivity index (χ0) is 19.4. The van der Waals surface area contributed by atoms with Gasteiger partial charge in [0.25, 0.3) is 5.91 Å². The topological polar surface area (TPSA) is 49.4 Å². The van der Waals surface area contributed by atoms with E-state index in [1.165, 1.54) is 29.2 Å². The zero-order valence-corrected chi connectivity index (χ0v) is 15.3. The van der Waals surface area contributed by atoms with Crippen molar-refractivity contribution in [2.75, 3.05) is 11.9 Å². The molecule has 3 aromatic carbocycles. The van der Waals surface area contributed by atoms with Crippen LogP contribution in [0.3, 0.4) is 0 Å². The third-order valence-electron chi connectivity index (χ3n) is 4.32. The minimum Gasteiger partial charge on any atom is -0.327 e. The fraction of sp³-hybridized carbons (Fsp3) is 0.182. The Morgan fingerprint density at radius 2 is 1.63 bits per heavy atom. The molecule has 5 heteroatoms. The van der Waals surface area contributed by atoms with Crippen molar-refractivity contribution in [2.24, 2.45) is 0 Å². The Balaban J connectivity index is 1.76. The van der Waals surface area contributed by atoms with Crippen LogP contribution in [0.1, 0.15) is 24.2 Å². The molecule has 3 rings (SSSR count). The minimum absolute atomic E-state index is 0.0826. The summed E-state index contributed by atoms with van der Waals surface area (Å²) < 4.78 is 13.0. The molecule has 0 saturated heterocycles. The molecule has 0 unspecified atom stereocenters. The van der Waals surface area contributed by atoms with E-state index in [-0.39, 0.29) is 30.2 Å². The molecule has 0 spiro atoms. The summed E-state index contributed by atoms with van der Waals surface area (Å²) in [5, 5.41) is 4.72. The molecule has 0 radical (unpaired) electrons. The number of halogens is 1. The highest BCUT2D eigenvalue weighted by atomic mass is 19.1. The van der Waals surface area contributed by atoms with Crippen LogP contribution >= 0.6 is 0 Å². The molecule has 0 aliphatic carbocycles. The molecule has 4 nitrogen and oxygen atoms in total. The van der Waals surface area contributed by atoms with E-state index in [1.54, 1.807) is 6.07 Å². The van der Waals surface area contributed by atoms with Crippen molar-refractivity contribution >= 4 is 28.3 Å². The third-order valence-corrected chi connectivity index (χ3v) is 4.32. The molecule has 3 aromatic rings. The number of carbonyl (C=O) groups is 2. The molecule has 0 fully saturated rings. The van der Waals surface area contributed by atoms with Crippen LogP contribution in [0.15, 0.2) is 66.7 Å². The maximum Gasteiger partial charge on any atom is 0.254 e. The van der Waals surface area contributed by atoms with Crippen molar-refractivity contribution in [1.29, 1.82) is 0 Å². The van der Waals surface area contributed by atoms with E-state index in [0.717, 1.165) is 10.8 Å². The number of hydrogen-bond donors (Lipinski definition) is 1. The number of rotatable bonds is 5. The van der Waals surface area contributed by atoms with Crippen LogP contribution in [0.2, 0.25) is 0 Å². The molecular weight excluding hydrogens is 343 g/mol. The van der Waals surface area contributed by atoms with Gasteiger partial charge in [-0.1, -0.05) is 30.3 Å². The molecule has 27 heavy (non-hydrogen) atoms. The number of benzene rings is 3. The molecule has 0 heterocycles. The molecule has 0 aliphatic heterocycles. The maximum absolute atomic E-state index is 13.0. The van der Waals surface area contributed by atoms with Crippen LogP contribution in [-0.4, -0.2) is 29.3 Å². The Morgan fingerprint density at radius 1 is 0.963 bits per heavy atom. The van der Waals surface area contributed by atoms with Gasteiger partial charge in [0.15, 0.2) is 0 Å². The van der Waals surface area contributed by atoms with E-state index in [0.29, 0.717) is 11.3 Å². The van der Waals surface area contributed by atoms with E-state index in [9.17, 15) is 14.0 Å². The molecule has 0 aliphatic rings. The van der Waals surface area contributed by atoms with Gasteiger partial charge in [0.05, 0.1) is 0 Å². The lowest BCUT2D eigenvalue weighted by Gasteiger charge is -2.26. The average Bonchev–Trinajstić information content (AvgIpc) is 2.67. The standard InChI is InChI=1S/C22H21FN2O2/c1-15(2)25(14-21(26)24-20-11-9-19(23)10-12-20)22(27)18-8-7-16-5-3-4-6-17(16)13-18/h3-13,15H,14H2,1-2H3,(H,24,26). The lowest BCUT2D eigenvalue weighted by atomic mass is 10.1. The normalized spacial score (nSPS) is 10.8. The number of carbonyl (C=O) groups excluding carboxylic acids is 2. The van der Waals surface area contributed by atoms with Crippen molar-refractivity contribution in [3.05, 3.63) is 78.1 Å². The summed E-state index contributed by atoms with van der Waals surface area (Å²) in [6.45, 7) is 3.65. The molecule has 0 bridgehead atoms. The van der Waals surface area contributed by atoms with Crippen LogP contribution < -0.4 is 5.32 Å². The summed E-state index contributed by atoms with van der Waals surface area (Å²) in [6, 6.07) is 18.7. The summed E-state index contributed by atoms with van der Waals surface area (Å²) >= 11 is 0. The summed E-state index contributed by atoms with van der Waals surface area (Å²) in [5.74, 6) is -0.905. The minimum atomic E-state index is -0.372. The first-order valence-corrected chi connectivity index (χ1v) is 8.79. The summed E-state index contributed by atoms with van der Waals surface area (Å²) in [7, 11) is 0. The van der Waals surface area contributed by atoms with Gasteiger partial charge in [0.2, 0.25) is 5.91 Å². The Bertz CT molecular complexity index is 967. The number of amides is 2. The summed E-state index contributed by atoms with van der Waals surface area (Å²) in [4.78, 5) is 26.8. The summed E-state index contributed by atoms with van der Waals surface area (Å²) in [5.41, 5.74) is 1.03. The highest BCUT2D eigenvalue weighted by Crippen LogP contribution is 2.18. The molecule has 2 amide bonds. The van der Waals surface area contributed by atoms with Crippen molar-refractivity contribution in [3.8, 4) is 0 Å². The van der Waals surface area contributed by atoms with Crippen molar-refractivity contribution in [3.63, 3.8) is 0 Å². The Labute approximate surface area is 157 Å². The fourth-order valence-electron chi connectivity index (χ4n) is 2.87. The van der Waals surface area contributed by atoms with E-state index >= 15 is 0 Å². The smallest absolute Gasteiger partial charge is 0.254 e. The van der Waals surface area contributed by atoms with E-state index < -0.39 is 0 Å². The zero-order valence-electron chi connectivity index (χ0n) is 15.3. The maximum atomic E-state index is 13.0. The second kappa shape index (κ2) is 7.99. The quantitative estimate of drug-likeness (QED) is 0.726. The molecule has 0 saturated carbocycles. The number of anilines is 1. The lowest BCUT2D eigenvalue weighted by Crippen LogP contribution is -2.42. The van der Waals surface area contributed by atoms with Crippen molar-refractivity contribution in [2.45, 2.75) is 19.9 Å². The lowest BCUT2D eigenvalue weighted by molar-refractivity contribution is -0.117. The second-order valence-corrected chi connectivity index (χ2v) is 6.64. The van der Waals surface area contributed by atoms with Gasteiger partial charge in [0, 0.05) is 17.3 Å². The van der Waals surface area contributed by atoms with Gasteiger partial charge in [-0.05, 0) is 61.0 Å². The highest BCUT2D eigenvalue weighted by Gasteiger charge is 2.22. The van der Waals surface area contributed by atoms with Gasteiger partial charge in [-0.2, -0.15) is 0 Å². The van der Waals surface area contributed by atoms with Crippen molar-refractivity contribution < 1.29 is 14.0 Å². The average molecular weight is 364 g/mol. The molecule has 0 atom stereocenters. The predicted octanol–water partition coefficient (Wildman–Crippen LogP) is 4.47. The number of nitrogens with one attached hydrogen (secondary N) is 1. The third kappa shape index (κ3) is 4.50. The predicted molar refractivity (Wildman–Crippen MR) is 105 cm³/mol. The first-order valence-electron chi connectivity index (χ1n) is 8.79. The molecule has 138 valence electrons. The number of fused-ring (bicyclic) bond motifs is 1. The Kier molecular flexibility index (Phi) is 5.50. The molecule has 0 aromatic heterocycles.